The molecule has 2 aromatic rings. The van der Waals surface area contributed by atoms with E-state index in [2.05, 4.69) is 15.0 Å². The number of carbonyl (C=O) groups is 1. The second-order valence-corrected chi connectivity index (χ2v) is 7.89. The number of piperazine rings is 1. The number of rotatable bonds is 4. The Morgan fingerprint density at radius 3 is 2.57 bits per heavy atom. The van der Waals surface area contributed by atoms with Crippen LogP contribution >= 0.6 is 0 Å². The van der Waals surface area contributed by atoms with Gasteiger partial charge in [0.15, 0.2) is 0 Å². The Labute approximate surface area is 172 Å². The number of nitrogens with zero attached hydrogens (tertiary/aromatic N) is 5. The lowest BCUT2D eigenvalue weighted by atomic mass is 9.97. The Morgan fingerprint density at radius 1 is 1.07 bits per heavy atom. The molecule has 10 heteroatoms. The molecule has 0 saturated carbocycles. The van der Waals surface area contributed by atoms with Crippen LogP contribution < -0.4 is 16.8 Å². The molecule has 30 heavy (non-hydrogen) atoms. The summed E-state index contributed by atoms with van der Waals surface area (Å²) in [6.45, 7) is 3.44. The topological polar surface area (TPSA) is 113 Å². The molecule has 2 aromatic heterocycles. The summed E-state index contributed by atoms with van der Waals surface area (Å²) in [5.74, 6) is -0.376. The van der Waals surface area contributed by atoms with E-state index in [1.54, 1.807) is 15.6 Å². The monoisotopic (exact) mass is 414 g/mol. The van der Waals surface area contributed by atoms with Crippen LogP contribution in [0.3, 0.4) is 0 Å². The fourth-order valence-electron chi connectivity index (χ4n) is 4.06. The lowest BCUT2D eigenvalue weighted by Crippen LogP contribution is -2.51. The highest BCUT2D eigenvalue weighted by Crippen LogP contribution is 2.16. The molecule has 1 amide bonds. The maximum absolute atomic E-state index is 12.7. The van der Waals surface area contributed by atoms with Crippen molar-refractivity contribution in [2.75, 3.05) is 32.7 Å². The normalized spacial score (nSPS) is 17.0. The van der Waals surface area contributed by atoms with Crippen molar-refractivity contribution >= 4 is 5.91 Å². The number of amides is 1. The molecular formula is C20H26N6O4. The molecule has 1 fully saturated rings. The summed E-state index contributed by atoms with van der Waals surface area (Å²) in [7, 11) is 1.34. The van der Waals surface area contributed by atoms with Gasteiger partial charge in [-0.1, -0.05) is 0 Å². The Morgan fingerprint density at radius 2 is 1.80 bits per heavy atom. The minimum atomic E-state index is -0.593. The first kappa shape index (κ1) is 20.3. The number of fused-ring (bicyclic) bond motifs is 1. The van der Waals surface area contributed by atoms with Gasteiger partial charge in [-0.3, -0.25) is 23.9 Å². The fraction of sp³-hybridized carbons (Fsp3) is 0.550. The van der Waals surface area contributed by atoms with E-state index in [-0.39, 0.29) is 17.0 Å². The van der Waals surface area contributed by atoms with Crippen LogP contribution in [-0.4, -0.2) is 67.8 Å². The van der Waals surface area contributed by atoms with Crippen molar-refractivity contribution in [1.29, 1.82) is 0 Å². The zero-order chi connectivity index (χ0) is 21.3. The molecule has 0 spiro atoms. The second-order valence-electron chi connectivity index (χ2n) is 7.89. The van der Waals surface area contributed by atoms with E-state index < -0.39 is 11.2 Å². The van der Waals surface area contributed by atoms with Crippen molar-refractivity contribution in [3.63, 3.8) is 0 Å². The van der Waals surface area contributed by atoms with Gasteiger partial charge in [0, 0.05) is 52.0 Å². The highest BCUT2D eigenvalue weighted by molar-refractivity contribution is 5.93. The van der Waals surface area contributed by atoms with E-state index in [1.165, 1.54) is 13.2 Å². The third kappa shape index (κ3) is 4.00. The molecule has 10 nitrogen and oxygen atoms in total. The number of aromatic nitrogens is 4. The lowest BCUT2D eigenvalue weighted by Gasteiger charge is -2.34. The summed E-state index contributed by atoms with van der Waals surface area (Å²) in [4.78, 5) is 54.9. The first-order valence-electron chi connectivity index (χ1n) is 10.3. The first-order valence-corrected chi connectivity index (χ1v) is 10.3. The molecule has 1 aliphatic carbocycles. The number of hydrogen-bond donors (Lipinski definition) is 1. The third-order valence-electron chi connectivity index (χ3n) is 5.97. The third-order valence-corrected chi connectivity index (χ3v) is 5.97. The predicted octanol–water partition coefficient (Wildman–Crippen LogP) is -1.03. The smallest absolute Gasteiger partial charge is 0.328 e. The van der Waals surface area contributed by atoms with Crippen molar-refractivity contribution in [3.05, 3.63) is 60.3 Å². The number of carbonyl (C=O) groups excluding carboxylic acids is 1. The Kier molecular flexibility index (Phi) is 5.67. The Hall–Kier alpha value is -3.01. The van der Waals surface area contributed by atoms with Gasteiger partial charge in [-0.15, -0.1) is 0 Å². The van der Waals surface area contributed by atoms with E-state index in [0.717, 1.165) is 41.5 Å². The molecule has 3 heterocycles. The SMILES string of the molecule is Cn1c(=O)[nH]cc(C(=O)N2CCN(CCn3nc4c(cc3=O)CCCC4)CC2)c1=O. The molecule has 1 N–H and O–H groups in total. The summed E-state index contributed by atoms with van der Waals surface area (Å²) in [6.07, 6.45) is 5.29. The summed E-state index contributed by atoms with van der Waals surface area (Å²) in [5, 5.41) is 4.55. The van der Waals surface area contributed by atoms with Crippen molar-refractivity contribution in [2.24, 2.45) is 7.05 Å². The van der Waals surface area contributed by atoms with E-state index in [1.807, 2.05) is 0 Å². The molecule has 0 aromatic carbocycles. The maximum Gasteiger partial charge on any atom is 0.328 e. The summed E-state index contributed by atoms with van der Waals surface area (Å²) in [5.41, 5.74) is 0.895. The molecule has 2 aliphatic rings. The average Bonchev–Trinajstić information content (AvgIpc) is 2.76. The van der Waals surface area contributed by atoms with Crippen LogP contribution in [0.4, 0.5) is 0 Å². The average molecular weight is 414 g/mol. The van der Waals surface area contributed by atoms with Crippen LogP contribution in [0.2, 0.25) is 0 Å². The van der Waals surface area contributed by atoms with Gasteiger partial charge in [-0.2, -0.15) is 5.10 Å². The van der Waals surface area contributed by atoms with E-state index in [4.69, 9.17) is 0 Å². The molecule has 160 valence electrons. The molecule has 0 bridgehead atoms. The van der Waals surface area contributed by atoms with E-state index >= 15 is 0 Å². The minimum Gasteiger partial charge on any atom is -0.336 e. The Bertz CT molecular complexity index is 1120. The van der Waals surface area contributed by atoms with Crippen molar-refractivity contribution < 1.29 is 4.79 Å². The standard InChI is InChI=1S/C20H26N6O4/c1-23-18(28)15(13-21-20(23)30)19(29)25-9-6-24(7-10-25)8-11-26-17(27)12-14-4-2-3-5-16(14)22-26/h12-13H,2-11H2,1H3,(H,21,30). The maximum atomic E-state index is 12.7. The number of H-pyrrole nitrogens is 1. The van der Waals surface area contributed by atoms with Gasteiger partial charge >= 0.3 is 5.69 Å². The van der Waals surface area contributed by atoms with Crippen molar-refractivity contribution in [3.8, 4) is 0 Å². The molecule has 1 aliphatic heterocycles. The predicted molar refractivity (Wildman–Crippen MR) is 110 cm³/mol. The van der Waals surface area contributed by atoms with Crippen molar-refractivity contribution in [1.82, 2.24) is 29.1 Å². The highest BCUT2D eigenvalue weighted by atomic mass is 16.2. The van der Waals surface area contributed by atoms with Crippen LogP contribution in [0.1, 0.15) is 34.5 Å². The number of aryl methyl sites for hydroxylation is 2. The van der Waals surface area contributed by atoms with Crippen LogP contribution in [0.15, 0.2) is 26.6 Å². The zero-order valence-electron chi connectivity index (χ0n) is 17.1. The molecular weight excluding hydrogens is 388 g/mol. The summed E-state index contributed by atoms with van der Waals surface area (Å²) >= 11 is 0. The van der Waals surface area contributed by atoms with Gasteiger partial charge in [0.05, 0.1) is 12.2 Å². The van der Waals surface area contributed by atoms with Gasteiger partial charge in [-0.05, 0) is 31.2 Å². The van der Waals surface area contributed by atoms with Crippen molar-refractivity contribution in [2.45, 2.75) is 32.2 Å². The highest BCUT2D eigenvalue weighted by Gasteiger charge is 2.25. The first-order chi connectivity index (χ1) is 14.4. The van der Waals surface area contributed by atoms with E-state index in [9.17, 15) is 19.2 Å². The van der Waals surface area contributed by atoms with Gasteiger partial charge < -0.3 is 9.88 Å². The summed E-state index contributed by atoms with van der Waals surface area (Å²) in [6, 6.07) is 1.73. The number of nitrogens with one attached hydrogen (secondary N) is 1. The zero-order valence-corrected chi connectivity index (χ0v) is 17.1. The van der Waals surface area contributed by atoms with Gasteiger partial charge in [0.2, 0.25) is 0 Å². The lowest BCUT2D eigenvalue weighted by molar-refractivity contribution is 0.0628. The molecule has 0 unspecified atom stereocenters. The van der Waals surface area contributed by atoms with Crippen LogP contribution in [0, 0.1) is 0 Å². The van der Waals surface area contributed by atoms with Gasteiger partial charge in [0.1, 0.15) is 5.56 Å². The fourth-order valence-corrected chi connectivity index (χ4v) is 4.06. The van der Waals surface area contributed by atoms with Gasteiger partial charge in [0.25, 0.3) is 17.0 Å². The molecule has 0 radical (unpaired) electrons. The van der Waals surface area contributed by atoms with Gasteiger partial charge in [-0.25, -0.2) is 9.48 Å². The number of hydrogen-bond acceptors (Lipinski definition) is 6. The molecule has 0 atom stereocenters. The van der Waals surface area contributed by atoms with Crippen LogP contribution in [0.25, 0.3) is 0 Å². The largest absolute Gasteiger partial charge is 0.336 e. The van der Waals surface area contributed by atoms with E-state index in [0.29, 0.717) is 39.3 Å². The van der Waals surface area contributed by atoms with Crippen LogP contribution in [-0.2, 0) is 26.4 Å². The van der Waals surface area contributed by atoms with Crippen LogP contribution in [0.5, 0.6) is 0 Å². The number of aromatic amines is 1. The Balaban J connectivity index is 1.35. The molecule has 1 saturated heterocycles. The second kappa shape index (κ2) is 8.39. The quantitative estimate of drug-likeness (QED) is 0.684. The summed E-state index contributed by atoms with van der Waals surface area (Å²) < 4.78 is 2.44. The minimum absolute atomic E-state index is 0.0321. The molecule has 4 rings (SSSR count).